The van der Waals surface area contributed by atoms with Crippen molar-refractivity contribution in [3.05, 3.63) is 63.1 Å². The molecule has 2 aromatic carbocycles. The minimum Gasteiger partial charge on any atom is -0.452 e. The van der Waals surface area contributed by atoms with E-state index in [1.54, 1.807) is 30.3 Å². The summed E-state index contributed by atoms with van der Waals surface area (Å²) in [6, 6.07) is 11.0. The molecule has 0 aliphatic heterocycles. The van der Waals surface area contributed by atoms with Crippen LogP contribution in [0.15, 0.2) is 42.5 Å². The van der Waals surface area contributed by atoms with Gasteiger partial charge in [0.2, 0.25) is 0 Å². The van der Waals surface area contributed by atoms with Gasteiger partial charge in [0.15, 0.2) is 6.61 Å². The second kappa shape index (κ2) is 7.49. The molecule has 4 nitrogen and oxygen atoms in total. The highest BCUT2D eigenvalue weighted by Crippen LogP contribution is 2.25. The quantitative estimate of drug-likeness (QED) is 0.822. The first-order chi connectivity index (χ1) is 10.5. The van der Waals surface area contributed by atoms with E-state index in [0.717, 1.165) is 0 Å². The highest BCUT2D eigenvalue weighted by Gasteiger charge is 2.13. The number of hydrogen-bond donors (Lipinski definition) is 1. The van der Waals surface area contributed by atoms with Crippen LogP contribution < -0.4 is 5.32 Å². The van der Waals surface area contributed by atoms with Gasteiger partial charge in [-0.1, -0.05) is 46.9 Å². The number of ether oxygens (including phenoxy) is 1. The normalized spacial score (nSPS) is 10.1. The molecule has 0 atom stereocenters. The first-order valence-corrected chi connectivity index (χ1v) is 7.27. The van der Waals surface area contributed by atoms with E-state index >= 15 is 0 Å². The van der Waals surface area contributed by atoms with Crippen molar-refractivity contribution in [1.82, 2.24) is 0 Å². The Labute approximate surface area is 141 Å². The standard InChI is InChI=1S/C15H10Cl3NO3/c16-9-5-6-13(12(18)7-9)19-14(20)8-22-15(21)10-3-1-2-4-11(10)17/h1-7H,8H2,(H,19,20). The Hall–Kier alpha value is -1.75. The van der Waals surface area contributed by atoms with Crippen LogP contribution in [0.25, 0.3) is 0 Å². The smallest absolute Gasteiger partial charge is 0.340 e. The van der Waals surface area contributed by atoms with Gasteiger partial charge in [-0.05, 0) is 30.3 Å². The molecule has 0 aromatic heterocycles. The lowest BCUT2D eigenvalue weighted by Crippen LogP contribution is -2.21. The molecule has 0 saturated heterocycles. The van der Waals surface area contributed by atoms with E-state index in [1.165, 1.54) is 12.1 Å². The van der Waals surface area contributed by atoms with E-state index in [4.69, 9.17) is 39.5 Å². The summed E-state index contributed by atoms with van der Waals surface area (Å²) < 4.78 is 4.90. The summed E-state index contributed by atoms with van der Waals surface area (Å²) in [7, 11) is 0. The largest absolute Gasteiger partial charge is 0.452 e. The molecule has 2 aromatic rings. The van der Waals surface area contributed by atoms with Crippen molar-refractivity contribution in [3.63, 3.8) is 0 Å². The molecular weight excluding hydrogens is 349 g/mol. The van der Waals surface area contributed by atoms with Gasteiger partial charge in [0, 0.05) is 5.02 Å². The number of halogens is 3. The van der Waals surface area contributed by atoms with Crippen LogP contribution in [0.4, 0.5) is 5.69 Å². The number of amides is 1. The Morgan fingerprint density at radius 1 is 1.00 bits per heavy atom. The number of benzene rings is 2. The summed E-state index contributed by atoms with van der Waals surface area (Å²) in [4.78, 5) is 23.6. The molecular formula is C15H10Cl3NO3. The van der Waals surface area contributed by atoms with Crippen LogP contribution in [0.1, 0.15) is 10.4 Å². The summed E-state index contributed by atoms with van der Waals surface area (Å²) in [5.41, 5.74) is 0.575. The molecule has 114 valence electrons. The molecule has 0 bridgehead atoms. The van der Waals surface area contributed by atoms with Crippen LogP contribution in [-0.4, -0.2) is 18.5 Å². The Balaban J connectivity index is 1.93. The second-order valence-electron chi connectivity index (χ2n) is 4.23. The summed E-state index contributed by atoms with van der Waals surface area (Å²) in [5.74, 6) is -1.20. The number of esters is 1. The highest BCUT2D eigenvalue weighted by molar-refractivity contribution is 6.36. The Bertz CT molecular complexity index is 719. The number of rotatable bonds is 4. The summed E-state index contributed by atoms with van der Waals surface area (Å²) >= 11 is 17.6. The first kappa shape index (κ1) is 16.6. The zero-order chi connectivity index (χ0) is 16.1. The molecule has 22 heavy (non-hydrogen) atoms. The minimum absolute atomic E-state index is 0.196. The average molecular weight is 359 g/mol. The van der Waals surface area contributed by atoms with Crippen LogP contribution in [0.5, 0.6) is 0 Å². The predicted molar refractivity (Wildman–Crippen MR) is 86.8 cm³/mol. The Morgan fingerprint density at radius 3 is 2.41 bits per heavy atom. The summed E-state index contributed by atoms with van der Waals surface area (Å²) in [5, 5.41) is 3.52. The van der Waals surface area contributed by atoms with Crippen molar-refractivity contribution in [1.29, 1.82) is 0 Å². The van der Waals surface area contributed by atoms with Gasteiger partial charge in [0.25, 0.3) is 5.91 Å². The number of hydrogen-bond acceptors (Lipinski definition) is 3. The molecule has 0 aliphatic carbocycles. The lowest BCUT2D eigenvalue weighted by molar-refractivity contribution is -0.119. The average Bonchev–Trinajstić information content (AvgIpc) is 2.48. The lowest BCUT2D eigenvalue weighted by atomic mass is 10.2. The fourth-order valence-electron chi connectivity index (χ4n) is 1.61. The summed E-state index contributed by atoms with van der Waals surface area (Å²) in [6.07, 6.45) is 0. The Morgan fingerprint density at radius 2 is 1.73 bits per heavy atom. The molecule has 0 spiro atoms. The van der Waals surface area contributed by atoms with Crippen molar-refractivity contribution >= 4 is 52.4 Å². The maximum Gasteiger partial charge on any atom is 0.340 e. The van der Waals surface area contributed by atoms with E-state index in [2.05, 4.69) is 5.32 Å². The van der Waals surface area contributed by atoms with Gasteiger partial charge in [-0.25, -0.2) is 4.79 Å². The van der Waals surface area contributed by atoms with Gasteiger partial charge < -0.3 is 10.1 Å². The third-order valence-electron chi connectivity index (χ3n) is 2.63. The van der Waals surface area contributed by atoms with Gasteiger partial charge in [0.1, 0.15) is 0 Å². The van der Waals surface area contributed by atoms with E-state index < -0.39 is 18.5 Å². The van der Waals surface area contributed by atoms with E-state index in [1.807, 2.05) is 0 Å². The van der Waals surface area contributed by atoms with Gasteiger partial charge >= 0.3 is 5.97 Å². The van der Waals surface area contributed by atoms with Crippen molar-refractivity contribution in [3.8, 4) is 0 Å². The fourth-order valence-corrected chi connectivity index (χ4v) is 2.28. The third-order valence-corrected chi connectivity index (χ3v) is 3.51. The number of nitrogens with one attached hydrogen (secondary N) is 1. The first-order valence-electron chi connectivity index (χ1n) is 6.14. The van der Waals surface area contributed by atoms with Crippen LogP contribution in [-0.2, 0) is 9.53 Å². The predicted octanol–water partition coefficient (Wildman–Crippen LogP) is 4.44. The lowest BCUT2D eigenvalue weighted by Gasteiger charge is -2.08. The SMILES string of the molecule is O=C(COC(=O)c1ccccc1Cl)Nc1ccc(Cl)cc1Cl. The zero-order valence-corrected chi connectivity index (χ0v) is 13.4. The van der Waals surface area contributed by atoms with Crippen molar-refractivity contribution in [2.45, 2.75) is 0 Å². The molecule has 0 aliphatic rings. The van der Waals surface area contributed by atoms with Gasteiger partial charge in [-0.15, -0.1) is 0 Å². The number of carbonyl (C=O) groups is 2. The van der Waals surface area contributed by atoms with E-state index in [9.17, 15) is 9.59 Å². The maximum atomic E-state index is 11.8. The van der Waals surface area contributed by atoms with E-state index in [-0.39, 0.29) is 10.6 Å². The van der Waals surface area contributed by atoms with Crippen molar-refractivity contribution in [2.24, 2.45) is 0 Å². The van der Waals surface area contributed by atoms with Crippen LogP contribution in [0.3, 0.4) is 0 Å². The van der Waals surface area contributed by atoms with Crippen LogP contribution in [0, 0.1) is 0 Å². The molecule has 7 heteroatoms. The molecule has 0 radical (unpaired) electrons. The molecule has 0 heterocycles. The van der Waals surface area contributed by atoms with E-state index in [0.29, 0.717) is 15.7 Å². The Kier molecular flexibility index (Phi) is 5.66. The fraction of sp³-hybridized carbons (Fsp3) is 0.0667. The zero-order valence-electron chi connectivity index (χ0n) is 11.1. The van der Waals surface area contributed by atoms with Crippen molar-refractivity contribution < 1.29 is 14.3 Å². The van der Waals surface area contributed by atoms with Crippen LogP contribution >= 0.6 is 34.8 Å². The minimum atomic E-state index is -0.678. The second-order valence-corrected chi connectivity index (χ2v) is 5.48. The summed E-state index contributed by atoms with van der Waals surface area (Å²) in [6.45, 7) is -0.455. The molecule has 0 unspecified atom stereocenters. The van der Waals surface area contributed by atoms with Crippen molar-refractivity contribution in [2.75, 3.05) is 11.9 Å². The number of carbonyl (C=O) groups excluding carboxylic acids is 2. The van der Waals surface area contributed by atoms with Crippen LogP contribution in [0.2, 0.25) is 15.1 Å². The third kappa shape index (κ3) is 4.37. The number of anilines is 1. The van der Waals surface area contributed by atoms with Gasteiger partial charge in [-0.3, -0.25) is 4.79 Å². The molecule has 0 saturated carbocycles. The highest BCUT2D eigenvalue weighted by atomic mass is 35.5. The molecule has 2 rings (SSSR count). The molecule has 0 fully saturated rings. The maximum absolute atomic E-state index is 11.8. The van der Waals surface area contributed by atoms with Gasteiger partial charge in [-0.2, -0.15) is 0 Å². The van der Waals surface area contributed by atoms with Gasteiger partial charge in [0.05, 0.1) is 21.3 Å². The molecule has 1 amide bonds. The molecule has 1 N–H and O–H groups in total. The monoisotopic (exact) mass is 357 g/mol. The topological polar surface area (TPSA) is 55.4 Å².